The van der Waals surface area contributed by atoms with Crippen LogP contribution in [0.2, 0.25) is 0 Å². The minimum absolute atomic E-state index is 0.0829. The molecule has 0 saturated heterocycles. The van der Waals surface area contributed by atoms with Crippen molar-refractivity contribution >= 4 is 17.0 Å². The number of imidazole rings is 1. The van der Waals surface area contributed by atoms with Crippen LogP contribution in [0.3, 0.4) is 0 Å². The zero-order chi connectivity index (χ0) is 18.4. The second kappa shape index (κ2) is 6.23. The number of rotatable bonds is 2. The average molecular weight is 357 g/mol. The molecular formula is C23H20FN3. The van der Waals surface area contributed by atoms with Crippen molar-refractivity contribution in [2.24, 2.45) is 0 Å². The molecule has 0 aliphatic carbocycles. The van der Waals surface area contributed by atoms with Crippen LogP contribution in [0.4, 0.5) is 10.3 Å². The van der Waals surface area contributed by atoms with Gasteiger partial charge in [0.2, 0.25) is 5.95 Å². The van der Waals surface area contributed by atoms with Crippen LogP contribution in [-0.4, -0.2) is 9.55 Å². The quantitative estimate of drug-likeness (QED) is 0.504. The van der Waals surface area contributed by atoms with E-state index in [1.54, 1.807) is 0 Å². The summed E-state index contributed by atoms with van der Waals surface area (Å²) < 4.78 is 15.7. The first-order valence-electron chi connectivity index (χ1n) is 9.25. The Morgan fingerprint density at radius 1 is 0.963 bits per heavy atom. The molecule has 0 amide bonds. The Balaban J connectivity index is 1.68. The third kappa shape index (κ3) is 2.69. The van der Waals surface area contributed by atoms with Crippen molar-refractivity contribution in [2.75, 3.05) is 5.32 Å². The third-order valence-electron chi connectivity index (χ3n) is 5.49. The second-order valence-corrected chi connectivity index (χ2v) is 7.15. The Labute approximate surface area is 157 Å². The van der Waals surface area contributed by atoms with Gasteiger partial charge in [-0.05, 0) is 54.3 Å². The standard InChI is InChI=1S/C23H20FN3/c1-15-6-2-3-7-18(15)22-14-20(16-10-12-17(24)13-11-16)26-23-25-19-8-4-5-9-21(19)27(22)23/h2-13,20,22H,14H2,1H3,(H,25,26)/t20-,22+/m0/s1. The Morgan fingerprint density at radius 3 is 2.52 bits per heavy atom. The molecule has 3 nitrogen and oxygen atoms in total. The Kier molecular flexibility index (Phi) is 3.71. The molecule has 27 heavy (non-hydrogen) atoms. The molecule has 1 N–H and O–H groups in total. The smallest absolute Gasteiger partial charge is 0.204 e. The van der Waals surface area contributed by atoms with Crippen LogP contribution >= 0.6 is 0 Å². The van der Waals surface area contributed by atoms with E-state index in [4.69, 9.17) is 4.98 Å². The van der Waals surface area contributed by atoms with Gasteiger partial charge >= 0.3 is 0 Å². The Hall–Kier alpha value is -3.14. The summed E-state index contributed by atoms with van der Waals surface area (Å²) in [5.74, 6) is 0.655. The minimum atomic E-state index is -0.211. The molecule has 4 heteroatoms. The molecule has 134 valence electrons. The van der Waals surface area contributed by atoms with E-state index < -0.39 is 0 Å². The lowest BCUT2D eigenvalue weighted by Gasteiger charge is -2.34. The molecule has 0 saturated carbocycles. The van der Waals surface area contributed by atoms with Gasteiger partial charge in [0.1, 0.15) is 5.82 Å². The molecule has 0 spiro atoms. The summed E-state index contributed by atoms with van der Waals surface area (Å²) in [5, 5.41) is 3.57. The fourth-order valence-corrected chi connectivity index (χ4v) is 4.15. The topological polar surface area (TPSA) is 29.9 Å². The minimum Gasteiger partial charge on any atom is -0.349 e. The van der Waals surface area contributed by atoms with E-state index in [1.807, 2.05) is 24.3 Å². The van der Waals surface area contributed by atoms with Crippen LogP contribution in [0, 0.1) is 12.7 Å². The fourth-order valence-electron chi connectivity index (χ4n) is 4.15. The van der Waals surface area contributed by atoms with Crippen molar-refractivity contribution < 1.29 is 4.39 Å². The highest BCUT2D eigenvalue weighted by atomic mass is 19.1. The summed E-state index contributed by atoms with van der Waals surface area (Å²) in [6, 6.07) is 23.8. The molecule has 0 bridgehead atoms. The summed E-state index contributed by atoms with van der Waals surface area (Å²) in [4.78, 5) is 4.83. The van der Waals surface area contributed by atoms with E-state index in [0.717, 1.165) is 29.0 Å². The number of para-hydroxylation sites is 2. The van der Waals surface area contributed by atoms with E-state index in [-0.39, 0.29) is 17.9 Å². The summed E-state index contributed by atoms with van der Waals surface area (Å²) >= 11 is 0. The molecule has 2 heterocycles. The van der Waals surface area contributed by atoms with Gasteiger partial charge in [0.05, 0.1) is 23.1 Å². The molecule has 0 unspecified atom stereocenters. The van der Waals surface area contributed by atoms with E-state index in [1.165, 1.54) is 23.3 Å². The normalized spacial score (nSPS) is 18.9. The van der Waals surface area contributed by atoms with Gasteiger partial charge in [0.15, 0.2) is 0 Å². The van der Waals surface area contributed by atoms with Crippen molar-refractivity contribution in [1.82, 2.24) is 9.55 Å². The van der Waals surface area contributed by atoms with E-state index in [9.17, 15) is 4.39 Å². The zero-order valence-corrected chi connectivity index (χ0v) is 15.1. The zero-order valence-electron chi connectivity index (χ0n) is 15.1. The van der Waals surface area contributed by atoms with E-state index >= 15 is 0 Å². The number of aryl methyl sites for hydroxylation is 1. The van der Waals surface area contributed by atoms with E-state index in [2.05, 4.69) is 53.2 Å². The van der Waals surface area contributed by atoms with Crippen molar-refractivity contribution in [1.29, 1.82) is 0 Å². The van der Waals surface area contributed by atoms with Crippen molar-refractivity contribution in [3.8, 4) is 0 Å². The van der Waals surface area contributed by atoms with Crippen LogP contribution in [0.15, 0.2) is 72.8 Å². The number of hydrogen-bond donors (Lipinski definition) is 1. The number of nitrogens with zero attached hydrogens (tertiary/aromatic N) is 2. The summed E-state index contributed by atoms with van der Waals surface area (Å²) in [6.07, 6.45) is 0.879. The maximum Gasteiger partial charge on any atom is 0.204 e. The summed E-state index contributed by atoms with van der Waals surface area (Å²) in [5.41, 5.74) is 5.76. The maximum atomic E-state index is 13.4. The predicted molar refractivity (Wildman–Crippen MR) is 106 cm³/mol. The maximum absolute atomic E-state index is 13.4. The highest BCUT2D eigenvalue weighted by molar-refractivity contribution is 5.79. The second-order valence-electron chi connectivity index (χ2n) is 7.15. The molecule has 0 fully saturated rings. The number of nitrogens with one attached hydrogen (secondary N) is 1. The van der Waals surface area contributed by atoms with Gasteiger partial charge < -0.3 is 9.88 Å². The number of fused-ring (bicyclic) bond motifs is 3. The fraction of sp³-hybridized carbons (Fsp3) is 0.174. The first-order chi connectivity index (χ1) is 13.2. The predicted octanol–water partition coefficient (Wildman–Crippen LogP) is 5.63. The van der Waals surface area contributed by atoms with Crippen molar-refractivity contribution in [3.63, 3.8) is 0 Å². The Morgan fingerprint density at radius 2 is 1.70 bits per heavy atom. The molecule has 0 radical (unpaired) electrons. The van der Waals surface area contributed by atoms with E-state index in [0.29, 0.717) is 0 Å². The monoisotopic (exact) mass is 357 g/mol. The number of benzene rings is 3. The lowest BCUT2D eigenvalue weighted by atomic mass is 9.91. The number of aromatic nitrogens is 2. The molecule has 4 aromatic rings. The highest BCUT2D eigenvalue weighted by Crippen LogP contribution is 2.41. The van der Waals surface area contributed by atoms with Crippen LogP contribution in [0.5, 0.6) is 0 Å². The van der Waals surface area contributed by atoms with Crippen LogP contribution in [-0.2, 0) is 0 Å². The number of anilines is 1. The van der Waals surface area contributed by atoms with Gasteiger partial charge in [-0.3, -0.25) is 0 Å². The highest BCUT2D eigenvalue weighted by Gasteiger charge is 2.31. The molecule has 1 aromatic heterocycles. The number of halogens is 1. The molecule has 2 atom stereocenters. The van der Waals surface area contributed by atoms with Gasteiger partial charge in [-0.1, -0.05) is 48.5 Å². The molecular weight excluding hydrogens is 337 g/mol. The van der Waals surface area contributed by atoms with Crippen molar-refractivity contribution in [3.05, 3.63) is 95.3 Å². The lowest BCUT2D eigenvalue weighted by Crippen LogP contribution is -2.27. The van der Waals surface area contributed by atoms with Gasteiger partial charge in [-0.15, -0.1) is 0 Å². The SMILES string of the molecule is Cc1ccccc1[C@H]1C[C@@H](c2ccc(F)cc2)Nc2nc3ccccc3n21. The van der Waals surface area contributed by atoms with Gasteiger partial charge in [-0.25, -0.2) is 9.37 Å². The van der Waals surface area contributed by atoms with Crippen LogP contribution in [0.25, 0.3) is 11.0 Å². The third-order valence-corrected chi connectivity index (χ3v) is 5.49. The van der Waals surface area contributed by atoms with Crippen molar-refractivity contribution in [2.45, 2.75) is 25.4 Å². The lowest BCUT2D eigenvalue weighted by molar-refractivity contribution is 0.475. The molecule has 1 aliphatic heterocycles. The van der Waals surface area contributed by atoms with Gasteiger partial charge in [0, 0.05) is 0 Å². The summed E-state index contributed by atoms with van der Waals surface area (Å²) in [7, 11) is 0. The first kappa shape index (κ1) is 16.1. The van der Waals surface area contributed by atoms with Crippen LogP contribution < -0.4 is 5.32 Å². The first-order valence-corrected chi connectivity index (χ1v) is 9.25. The van der Waals surface area contributed by atoms with Gasteiger partial charge in [0.25, 0.3) is 0 Å². The molecule has 1 aliphatic rings. The molecule has 5 rings (SSSR count). The van der Waals surface area contributed by atoms with Crippen LogP contribution in [0.1, 0.15) is 35.2 Å². The number of hydrogen-bond acceptors (Lipinski definition) is 2. The van der Waals surface area contributed by atoms with Gasteiger partial charge in [-0.2, -0.15) is 0 Å². The molecule has 3 aromatic carbocycles. The average Bonchev–Trinajstić information content (AvgIpc) is 3.07. The summed E-state index contributed by atoms with van der Waals surface area (Å²) in [6.45, 7) is 2.16. The largest absolute Gasteiger partial charge is 0.349 e. The Bertz CT molecular complexity index is 1110.